The summed E-state index contributed by atoms with van der Waals surface area (Å²) in [6.07, 6.45) is 0. The summed E-state index contributed by atoms with van der Waals surface area (Å²) < 4.78 is 0. The van der Waals surface area contributed by atoms with Crippen LogP contribution in [0.1, 0.15) is 29.8 Å². The van der Waals surface area contributed by atoms with Gasteiger partial charge in [0, 0.05) is 30.0 Å². The van der Waals surface area contributed by atoms with Gasteiger partial charge in [-0.2, -0.15) is 0 Å². The van der Waals surface area contributed by atoms with Crippen LogP contribution >= 0.6 is 11.8 Å². The SMILES string of the molecule is CCN(CC)C(=O)c1ccc(NC(=O)CSCC(=O)Nc2cccc(C)c2)cc1. The average Bonchev–Trinajstić information content (AvgIpc) is 2.69. The number of hydrogen-bond donors (Lipinski definition) is 2. The molecule has 29 heavy (non-hydrogen) atoms. The maximum Gasteiger partial charge on any atom is 0.253 e. The van der Waals surface area contributed by atoms with Gasteiger partial charge in [0.25, 0.3) is 5.91 Å². The predicted molar refractivity (Wildman–Crippen MR) is 119 cm³/mol. The van der Waals surface area contributed by atoms with Crippen LogP contribution in [0.5, 0.6) is 0 Å². The van der Waals surface area contributed by atoms with Gasteiger partial charge in [-0.3, -0.25) is 14.4 Å². The molecule has 0 saturated carbocycles. The van der Waals surface area contributed by atoms with E-state index < -0.39 is 0 Å². The number of anilines is 2. The Morgan fingerprint density at radius 3 is 2.00 bits per heavy atom. The molecule has 154 valence electrons. The van der Waals surface area contributed by atoms with E-state index in [1.54, 1.807) is 29.2 Å². The lowest BCUT2D eigenvalue weighted by Gasteiger charge is -2.18. The fourth-order valence-electron chi connectivity index (χ4n) is 2.74. The van der Waals surface area contributed by atoms with E-state index in [0.29, 0.717) is 24.3 Å². The molecular weight excluding hydrogens is 386 g/mol. The summed E-state index contributed by atoms with van der Waals surface area (Å²) in [7, 11) is 0. The Balaban J connectivity index is 1.76. The molecule has 2 aromatic rings. The third-order valence-electron chi connectivity index (χ3n) is 4.23. The highest BCUT2D eigenvalue weighted by atomic mass is 32.2. The van der Waals surface area contributed by atoms with E-state index in [4.69, 9.17) is 0 Å². The van der Waals surface area contributed by atoms with Gasteiger partial charge in [-0.05, 0) is 62.7 Å². The van der Waals surface area contributed by atoms with Gasteiger partial charge >= 0.3 is 0 Å². The zero-order chi connectivity index (χ0) is 21.2. The zero-order valence-corrected chi connectivity index (χ0v) is 17.8. The van der Waals surface area contributed by atoms with Crippen molar-refractivity contribution in [3.63, 3.8) is 0 Å². The summed E-state index contributed by atoms with van der Waals surface area (Å²) in [5, 5.41) is 5.59. The van der Waals surface area contributed by atoms with Crippen molar-refractivity contribution in [2.75, 3.05) is 35.2 Å². The van der Waals surface area contributed by atoms with Crippen LogP contribution in [-0.4, -0.2) is 47.2 Å². The second kappa shape index (κ2) is 11.3. The normalized spacial score (nSPS) is 10.3. The molecule has 0 heterocycles. The number of carbonyl (C=O) groups excluding carboxylic acids is 3. The molecular formula is C22H27N3O3S. The van der Waals surface area contributed by atoms with Crippen molar-refractivity contribution in [3.05, 3.63) is 59.7 Å². The van der Waals surface area contributed by atoms with Crippen molar-refractivity contribution in [1.82, 2.24) is 4.90 Å². The Morgan fingerprint density at radius 1 is 0.862 bits per heavy atom. The fourth-order valence-corrected chi connectivity index (χ4v) is 3.36. The number of hydrogen-bond acceptors (Lipinski definition) is 4. The molecule has 7 heteroatoms. The number of nitrogens with one attached hydrogen (secondary N) is 2. The highest BCUT2D eigenvalue weighted by Gasteiger charge is 2.12. The summed E-state index contributed by atoms with van der Waals surface area (Å²) in [4.78, 5) is 38.1. The van der Waals surface area contributed by atoms with Gasteiger partial charge in [-0.1, -0.05) is 12.1 Å². The highest BCUT2D eigenvalue weighted by molar-refractivity contribution is 8.00. The number of benzene rings is 2. The van der Waals surface area contributed by atoms with Gasteiger partial charge in [0.1, 0.15) is 0 Å². The van der Waals surface area contributed by atoms with Gasteiger partial charge < -0.3 is 15.5 Å². The number of rotatable bonds is 9. The lowest BCUT2D eigenvalue weighted by molar-refractivity contribution is -0.114. The maximum atomic E-state index is 12.3. The largest absolute Gasteiger partial charge is 0.339 e. The average molecular weight is 414 g/mol. The smallest absolute Gasteiger partial charge is 0.253 e. The number of aryl methyl sites for hydroxylation is 1. The molecule has 0 radical (unpaired) electrons. The van der Waals surface area contributed by atoms with E-state index in [1.165, 1.54) is 11.8 Å². The van der Waals surface area contributed by atoms with Gasteiger partial charge in [0.15, 0.2) is 0 Å². The molecule has 3 amide bonds. The van der Waals surface area contributed by atoms with Gasteiger partial charge in [0.2, 0.25) is 11.8 Å². The monoisotopic (exact) mass is 413 g/mol. The topological polar surface area (TPSA) is 78.5 Å². The molecule has 2 aromatic carbocycles. The highest BCUT2D eigenvalue weighted by Crippen LogP contribution is 2.13. The van der Waals surface area contributed by atoms with E-state index in [0.717, 1.165) is 11.3 Å². The number of amides is 3. The molecule has 0 saturated heterocycles. The first-order valence-electron chi connectivity index (χ1n) is 9.56. The first kappa shape index (κ1) is 22.5. The number of nitrogens with zero attached hydrogens (tertiary/aromatic N) is 1. The molecule has 0 spiro atoms. The third-order valence-corrected chi connectivity index (χ3v) is 5.17. The summed E-state index contributed by atoms with van der Waals surface area (Å²) in [5.41, 5.74) is 3.03. The van der Waals surface area contributed by atoms with Crippen molar-refractivity contribution in [3.8, 4) is 0 Å². The minimum absolute atomic E-state index is 0.0249. The molecule has 0 unspecified atom stereocenters. The molecule has 0 bridgehead atoms. The first-order valence-corrected chi connectivity index (χ1v) is 10.7. The zero-order valence-electron chi connectivity index (χ0n) is 17.0. The lowest BCUT2D eigenvalue weighted by atomic mass is 10.2. The molecule has 6 nitrogen and oxygen atoms in total. The summed E-state index contributed by atoms with van der Waals surface area (Å²) >= 11 is 1.25. The molecule has 0 atom stereocenters. The van der Waals surface area contributed by atoms with Gasteiger partial charge in [-0.25, -0.2) is 0 Å². The van der Waals surface area contributed by atoms with Crippen LogP contribution in [0.15, 0.2) is 48.5 Å². The van der Waals surface area contributed by atoms with E-state index in [-0.39, 0.29) is 29.2 Å². The van der Waals surface area contributed by atoms with Gasteiger partial charge in [0.05, 0.1) is 11.5 Å². The van der Waals surface area contributed by atoms with Crippen LogP contribution < -0.4 is 10.6 Å². The molecule has 2 rings (SSSR count). The predicted octanol–water partition coefficient (Wildman–Crippen LogP) is 3.79. The molecule has 0 fully saturated rings. The summed E-state index contributed by atoms with van der Waals surface area (Å²) in [6.45, 7) is 7.15. The van der Waals surface area contributed by atoms with Crippen LogP contribution in [0.2, 0.25) is 0 Å². The van der Waals surface area contributed by atoms with Gasteiger partial charge in [-0.15, -0.1) is 11.8 Å². The van der Waals surface area contributed by atoms with Crippen LogP contribution in [-0.2, 0) is 9.59 Å². The molecule has 0 aliphatic heterocycles. The molecule has 0 aliphatic carbocycles. The Bertz CT molecular complexity index is 849. The number of carbonyl (C=O) groups is 3. The van der Waals surface area contributed by atoms with Crippen molar-refractivity contribution in [2.24, 2.45) is 0 Å². The minimum atomic E-state index is -0.193. The van der Waals surface area contributed by atoms with E-state index in [1.807, 2.05) is 45.0 Å². The fraction of sp³-hybridized carbons (Fsp3) is 0.318. The lowest BCUT2D eigenvalue weighted by Crippen LogP contribution is -2.30. The van der Waals surface area contributed by atoms with E-state index >= 15 is 0 Å². The van der Waals surface area contributed by atoms with E-state index in [2.05, 4.69) is 10.6 Å². The molecule has 2 N–H and O–H groups in total. The van der Waals surface area contributed by atoms with Crippen LogP contribution in [0.3, 0.4) is 0 Å². The van der Waals surface area contributed by atoms with Crippen LogP contribution in [0, 0.1) is 6.92 Å². The Labute approximate surface area is 176 Å². The van der Waals surface area contributed by atoms with Crippen molar-refractivity contribution < 1.29 is 14.4 Å². The third kappa shape index (κ3) is 7.27. The standard InChI is InChI=1S/C22H27N3O3S/c1-4-25(5-2)22(28)17-9-11-18(12-10-17)23-20(26)14-29-15-21(27)24-19-8-6-7-16(3)13-19/h6-13H,4-5,14-15H2,1-3H3,(H,23,26)(H,24,27). The molecule has 0 aromatic heterocycles. The van der Waals surface area contributed by atoms with Crippen LogP contribution in [0.25, 0.3) is 0 Å². The van der Waals surface area contributed by atoms with E-state index in [9.17, 15) is 14.4 Å². The second-order valence-corrected chi connectivity index (χ2v) is 7.50. The maximum absolute atomic E-state index is 12.3. The molecule has 0 aliphatic rings. The van der Waals surface area contributed by atoms with Crippen molar-refractivity contribution >= 4 is 40.9 Å². The quantitative estimate of drug-likeness (QED) is 0.656. The Hall–Kier alpha value is -2.80. The Morgan fingerprint density at radius 2 is 1.45 bits per heavy atom. The van der Waals surface area contributed by atoms with Crippen molar-refractivity contribution in [1.29, 1.82) is 0 Å². The minimum Gasteiger partial charge on any atom is -0.339 e. The summed E-state index contributed by atoms with van der Waals surface area (Å²) in [6, 6.07) is 14.4. The number of thioether (sulfide) groups is 1. The summed E-state index contributed by atoms with van der Waals surface area (Å²) in [5.74, 6) is -0.00283. The first-order chi connectivity index (χ1) is 13.9. The van der Waals surface area contributed by atoms with Crippen molar-refractivity contribution in [2.45, 2.75) is 20.8 Å². The second-order valence-electron chi connectivity index (χ2n) is 6.51. The van der Waals surface area contributed by atoms with Crippen LogP contribution in [0.4, 0.5) is 11.4 Å². The Kier molecular flexibility index (Phi) is 8.73.